The van der Waals surface area contributed by atoms with E-state index in [1.807, 2.05) is 0 Å². The van der Waals surface area contributed by atoms with Gasteiger partial charge in [0.2, 0.25) is 0 Å². The number of Topliss-reactive ketones (excluding diaryl/α,β-unsaturated/α-hetero) is 1. The largest absolute Gasteiger partial charge is 0.348 e. The van der Waals surface area contributed by atoms with Crippen molar-refractivity contribution in [2.24, 2.45) is 0 Å². The van der Waals surface area contributed by atoms with E-state index in [2.05, 4.69) is 15.3 Å². The number of ketones is 1. The molecule has 3 rings (SSSR count). The number of carbonyl (C=O) groups is 1. The Kier molecular flexibility index (Phi) is 1.92. The van der Waals surface area contributed by atoms with Crippen LogP contribution in [0.4, 0.5) is 0 Å². The summed E-state index contributed by atoms with van der Waals surface area (Å²) in [6, 6.07) is 0. The molecule has 0 amide bonds. The molecule has 1 aromatic rings. The van der Waals surface area contributed by atoms with E-state index in [-0.39, 0.29) is 5.54 Å². The first-order valence-electron chi connectivity index (χ1n) is 5.60. The Morgan fingerprint density at radius 2 is 2.33 bits per heavy atom. The van der Waals surface area contributed by atoms with Crippen molar-refractivity contribution in [3.63, 3.8) is 0 Å². The molecule has 2 N–H and O–H groups in total. The van der Waals surface area contributed by atoms with Crippen molar-refractivity contribution >= 4 is 5.78 Å². The molecule has 0 aromatic carbocycles. The minimum absolute atomic E-state index is 0.150. The van der Waals surface area contributed by atoms with E-state index >= 15 is 0 Å². The summed E-state index contributed by atoms with van der Waals surface area (Å²) in [6.07, 6.45) is 6.12. The molecule has 1 aromatic heterocycles. The van der Waals surface area contributed by atoms with Crippen LogP contribution < -0.4 is 5.32 Å². The Hall–Kier alpha value is -1.16. The van der Waals surface area contributed by atoms with Crippen LogP contribution >= 0.6 is 0 Å². The van der Waals surface area contributed by atoms with Gasteiger partial charge < -0.3 is 10.3 Å². The molecule has 15 heavy (non-hydrogen) atoms. The first kappa shape index (κ1) is 9.09. The lowest BCUT2D eigenvalue weighted by Crippen LogP contribution is -2.50. The van der Waals surface area contributed by atoms with Crippen molar-refractivity contribution in [1.82, 2.24) is 15.3 Å². The van der Waals surface area contributed by atoms with Gasteiger partial charge >= 0.3 is 0 Å². The van der Waals surface area contributed by atoms with E-state index in [1.54, 1.807) is 6.33 Å². The van der Waals surface area contributed by atoms with Gasteiger partial charge in [0, 0.05) is 31.5 Å². The summed E-state index contributed by atoms with van der Waals surface area (Å²) in [4.78, 5) is 19.2. The van der Waals surface area contributed by atoms with Crippen LogP contribution in [-0.2, 0) is 16.8 Å². The second-order valence-corrected chi connectivity index (χ2v) is 4.56. The van der Waals surface area contributed by atoms with Crippen LogP contribution in [0.5, 0.6) is 0 Å². The molecule has 4 heteroatoms. The third-order valence-corrected chi connectivity index (χ3v) is 3.57. The number of aromatic nitrogens is 2. The molecule has 1 atom stereocenters. The standard InChI is InChI=1S/C11H15N3O/c15-8-2-1-4-11(6-8)10-9(3-5-14-11)12-7-13-10/h7,14H,1-6H2,(H,12,13). The number of aromatic amines is 1. The average molecular weight is 205 g/mol. The molecule has 1 aliphatic carbocycles. The van der Waals surface area contributed by atoms with Gasteiger partial charge in [-0.2, -0.15) is 0 Å². The van der Waals surface area contributed by atoms with Crippen LogP contribution in [0.1, 0.15) is 37.1 Å². The molecule has 0 saturated heterocycles. The van der Waals surface area contributed by atoms with Gasteiger partial charge in [-0.1, -0.05) is 0 Å². The van der Waals surface area contributed by atoms with Gasteiger partial charge in [0.15, 0.2) is 0 Å². The van der Waals surface area contributed by atoms with Gasteiger partial charge in [-0.25, -0.2) is 4.98 Å². The first-order valence-corrected chi connectivity index (χ1v) is 5.60. The number of hydrogen-bond donors (Lipinski definition) is 2. The Balaban J connectivity index is 2.03. The van der Waals surface area contributed by atoms with Crippen LogP contribution in [0.15, 0.2) is 6.33 Å². The fraction of sp³-hybridized carbons (Fsp3) is 0.636. The van der Waals surface area contributed by atoms with Crippen LogP contribution in [0.3, 0.4) is 0 Å². The number of carbonyl (C=O) groups excluding carboxylic acids is 1. The summed E-state index contributed by atoms with van der Waals surface area (Å²) in [5.74, 6) is 0.365. The zero-order valence-corrected chi connectivity index (χ0v) is 8.68. The maximum absolute atomic E-state index is 11.6. The van der Waals surface area contributed by atoms with E-state index in [0.717, 1.165) is 37.9 Å². The van der Waals surface area contributed by atoms with E-state index in [9.17, 15) is 4.79 Å². The number of fused-ring (bicyclic) bond motifs is 2. The van der Waals surface area contributed by atoms with Crippen LogP contribution in [0.25, 0.3) is 0 Å². The summed E-state index contributed by atoms with van der Waals surface area (Å²) in [7, 11) is 0. The molecule has 2 heterocycles. The summed E-state index contributed by atoms with van der Waals surface area (Å²) >= 11 is 0. The molecule has 1 spiro atoms. The predicted octanol–water partition coefficient (Wildman–Crippen LogP) is 0.894. The highest BCUT2D eigenvalue weighted by atomic mass is 16.1. The summed E-state index contributed by atoms with van der Waals surface area (Å²) in [5.41, 5.74) is 2.15. The SMILES string of the molecule is O=C1CCCC2(C1)NCCc1[nH]cnc12. The maximum Gasteiger partial charge on any atom is 0.135 e. The van der Waals surface area contributed by atoms with Crippen molar-refractivity contribution in [3.05, 3.63) is 17.7 Å². The second kappa shape index (κ2) is 3.17. The average Bonchev–Trinajstić information content (AvgIpc) is 2.67. The van der Waals surface area contributed by atoms with E-state index in [1.165, 1.54) is 5.69 Å². The van der Waals surface area contributed by atoms with Gasteiger partial charge in [-0.05, 0) is 12.8 Å². The van der Waals surface area contributed by atoms with Gasteiger partial charge in [0.05, 0.1) is 17.6 Å². The monoisotopic (exact) mass is 205 g/mol. The summed E-state index contributed by atoms with van der Waals surface area (Å²) in [6.45, 7) is 0.947. The van der Waals surface area contributed by atoms with Gasteiger partial charge in [0.25, 0.3) is 0 Å². The molecule has 0 bridgehead atoms. The fourth-order valence-electron chi connectivity index (χ4n) is 2.89. The first-order chi connectivity index (χ1) is 7.30. The zero-order valence-electron chi connectivity index (χ0n) is 8.68. The Morgan fingerprint density at radius 3 is 3.20 bits per heavy atom. The topological polar surface area (TPSA) is 57.8 Å². The van der Waals surface area contributed by atoms with Crippen molar-refractivity contribution in [2.75, 3.05) is 6.54 Å². The van der Waals surface area contributed by atoms with Crippen LogP contribution in [-0.4, -0.2) is 22.3 Å². The van der Waals surface area contributed by atoms with Crippen molar-refractivity contribution < 1.29 is 4.79 Å². The van der Waals surface area contributed by atoms with Gasteiger partial charge in [-0.15, -0.1) is 0 Å². The highest BCUT2D eigenvalue weighted by Crippen LogP contribution is 2.37. The molecule has 4 nitrogen and oxygen atoms in total. The lowest BCUT2D eigenvalue weighted by Gasteiger charge is -2.39. The minimum Gasteiger partial charge on any atom is -0.348 e. The maximum atomic E-state index is 11.6. The molecular weight excluding hydrogens is 190 g/mol. The van der Waals surface area contributed by atoms with Crippen molar-refractivity contribution in [2.45, 2.75) is 37.6 Å². The lowest BCUT2D eigenvalue weighted by atomic mass is 9.76. The van der Waals surface area contributed by atoms with Crippen LogP contribution in [0, 0.1) is 0 Å². The molecule has 1 aliphatic heterocycles. The zero-order chi connectivity index (χ0) is 10.3. The van der Waals surface area contributed by atoms with Gasteiger partial charge in [-0.3, -0.25) is 4.79 Å². The number of H-pyrrole nitrogens is 1. The number of nitrogens with zero attached hydrogens (tertiary/aromatic N) is 1. The molecular formula is C11H15N3O. The Bertz CT molecular complexity index is 398. The molecule has 2 aliphatic rings. The Labute approximate surface area is 88.5 Å². The number of rotatable bonds is 0. The minimum atomic E-state index is -0.150. The third-order valence-electron chi connectivity index (χ3n) is 3.57. The number of imidazole rings is 1. The highest BCUT2D eigenvalue weighted by Gasteiger charge is 2.41. The summed E-state index contributed by atoms with van der Waals surface area (Å²) < 4.78 is 0. The number of nitrogens with one attached hydrogen (secondary N) is 2. The molecule has 0 radical (unpaired) electrons. The van der Waals surface area contributed by atoms with Crippen LogP contribution in [0.2, 0.25) is 0 Å². The predicted molar refractivity (Wildman–Crippen MR) is 55.4 cm³/mol. The fourth-order valence-corrected chi connectivity index (χ4v) is 2.89. The lowest BCUT2D eigenvalue weighted by molar-refractivity contribution is -0.122. The van der Waals surface area contributed by atoms with E-state index < -0.39 is 0 Å². The Morgan fingerprint density at radius 1 is 1.40 bits per heavy atom. The van der Waals surface area contributed by atoms with Crippen molar-refractivity contribution in [3.8, 4) is 0 Å². The molecule has 1 saturated carbocycles. The molecule has 1 unspecified atom stereocenters. The van der Waals surface area contributed by atoms with E-state index in [0.29, 0.717) is 12.2 Å². The normalized spacial score (nSPS) is 30.5. The van der Waals surface area contributed by atoms with E-state index in [4.69, 9.17) is 0 Å². The molecule has 80 valence electrons. The second-order valence-electron chi connectivity index (χ2n) is 4.56. The summed E-state index contributed by atoms with van der Waals surface area (Å²) in [5, 5.41) is 3.50. The molecule has 1 fully saturated rings. The van der Waals surface area contributed by atoms with Gasteiger partial charge in [0.1, 0.15) is 5.78 Å². The highest BCUT2D eigenvalue weighted by molar-refractivity contribution is 5.80. The third kappa shape index (κ3) is 1.32. The van der Waals surface area contributed by atoms with Crippen molar-refractivity contribution in [1.29, 1.82) is 0 Å². The number of hydrogen-bond acceptors (Lipinski definition) is 3. The smallest absolute Gasteiger partial charge is 0.135 e. The quantitative estimate of drug-likeness (QED) is 0.661.